The normalized spacial score (nSPS) is 13.4. The molecule has 0 spiro atoms. The second-order valence-electron chi connectivity index (χ2n) is 4.78. The molecule has 0 saturated heterocycles. The Hall–Kier alpha value is -2.41. The molecule has 7 nitrogen and oxygen atoms in total. The predicted molar refractivity (Wildman–Crippen MR) is 78.1 cm³/mol. The highest BCUT2D eigenvalue weighted by molar-refractivity contribution is 6.34. The van der Waals surface area contributed by atoms with E-state index in [0.717, 1.165) is 0 Å². The SMILES string of the molecule is CCOC(=O)c1ncn2c1CN(C)C(=O)c1c(Cl)ccnc1-2. The lowest BCUT2D eigenvalue weighted by Crippen LogP contribution is -2.26. The molecule has 0 bridgehead atoms. The summed E-state index contributed by atoms with van der Waals surface area (Å²) in [5.41, 5.74) is 1.01. The van der Waals surface area contributed by atoms with Crippen LogP contribution in [-0.2, 0) is 11.3 Å². The van der Waals surface area contributed by atoms with Gasteiger partial charge in [0, 0.05) is 13.2 Å². The minimum absolute atomic E-state index is 0.177. The van der Waals surface area contributed by atoms with Crippen LogP contribution in [0.15, 0.2) is 18.6 Å². The fourth-order valence-corrected chi connectivity index (χ4v) is 2.59. The zero-order valence-electron chi connectivity index (χ0n) is 12.0. The molecule has 3 rings (SSSR count). The minimum Gasteiger partial charge on any atom is -0.461 e. The van der Waals surface area contributed by atoms with Gasteiger partial charge in [0.25, 0.3) is 5.91 Å². The van der Waals surface area contributed by atoms with E-state index in [1.807, 2.05) is 0 Å². The van der Waals surface area contributed by atoms with E-state index in [9.17, 15) is 9.59 Å². The Labute approximate surface area is 131 Å². The van der Waals surface area contributed by atoms with E-state index in [-0.39, 0.29) is 24.8 Å². The molecule has 3 heterocycles. The Morgan fingerprint density at radius 2 is 2.23 bits per heavy atom. The first-order valence-electron chi connectivity index (χ1n) is 6.68. The second-order valence-corrected chi connectivity index (χ2v) is 5.19. The number of esters is 1. The average molecular weight is 321 g/mol. The van der Waals surface area contributed by atoms with Crippen LogP contribution in [0.1, 0.15) is 33.5 Å². The highest BCUT2D eigenvalue weighted by Crippen LogP contribution is 2.28. The Morgan fingerprint density at radius 1 is 1.45 bits per heavy atom. The number of rotatable bonds is 2. The molecule has 2 aromatic rings. The van der Waals surface area contributed by atoms with Crippen LogP contribution in [0.4, 0.5) is 0 Å². The first kappa shape index (κ1) is 14.5. The van der Waals surface area contributed by atoms with Crippen molar-refractivity contribution in [2.75, 3.05) is 13.7 Å². The third-order valence-electron chi connectivity index (χ3n) is 3.39. The Balaban J connectivity index is 2.22. The lowest BCUT2D eigenvalue weighted by molar-refractivity contribution is 0.0516. The van der Waals surface area contributed by atoms with Gasteiger partial charge in [0.05, 0.1) is 23.9 Å². The maximum absolute atomic E-state index is 12.5. The number of nitrogens with zero attached hydrogens (tertiary/aromatic N) is 4. The number of pyridine rings is 1. The standard InChI is InChI=1S/C14H13ClN4O3/c1-3-22-14(21)11-9-6-18(2)13(20)10-8(15)4-5-16-12(10)19(9)7-17-11/h4-5,7H,3,6H2,1-2H3. The molecule has 0 fully saturated rings. The van der Waals surface area contributed by atoms with Gasteiger partial charge in [-0.2, -0.15) is 0 Å². The molecule has 0 unspecified atom stereocenters. The number of ether oxygens (including phenoxy) is 1. The molecule has 0 aliphatic carbocycles. The lowest BCUT2D eigenvalue weighted by atomic mass is 10.2. The number of imidazole rings is 1. The number of carbonyl (C=O) groups is 2. The van der Waals surface area contributed by atoms with E-state index in [1.165, 1.54) is 17.4 Å². The fraction of sp³-hybridized carbons (Fsp3) is 0.286. The molecule has 1 aliphatic rings. The summed E-state index contributed by atoms with van der Waals surface area (Å²) >= 11 is 6.15. The van der Waals surface area contributed by atoms with Crippen LogP contribution < -0.4 is 0 Å². The van der Waals surface area contributed by atoms with Gasteiger partial charge in [-0.05, 0) is 13.0 Å². The summed E-state index contributed by atoms with van der Waals surface area (Å²) < 4.78 is 6.61. The highest BCUT2D eigenvalue weighted by Gasteiger charge is 2.31. The van der Waals surface area contributed by atoms with E-state index in [1.54, 1.807) is 24.6 Å². The molecule has 0 aromatic carbocycles. The summed E-state index contributed by atoms with van der Waals surface area (Å²) in [6.07, 6.45) is 2.96. The van der Waals surface area contributed by atoms with E-state index in [4.69, 9.17) is 16.3 Å². The third kappa shape index (κ3) is 2.14. The van der Waals surface area contributed by atoms with Gasteiger partial charge in [-0.3, -0.25) is 9.36 Å². The van der Waals surface area contributed by atoms with Crippen molar-refractivity contribution in [3.8, 4) is 5.82 Å². The van der Waals surface area contributed by atoms with Crippen LogP contribution in [0.2, 0.25) is 5.02 Å². The van der Waals surface area contributed by atoms with Crippen molar-refractivity contribution in [1.82, 2.24) is 19.4 Å². The maximum Gasteiger partial charge on any atom is 0.358 e. The van der Waals surface area contributed by atoms with Gasteiger partial charge in [0.1, 0.15) is 11.9 Å². The van der Waals surface area contributed by atoms with Gasteiger partial charge in [-0.15, -0.1) is 0 Å². The van der Waals surface area contributed by atoms with Crippen molar-refractivity contribution in [1.29, 1.82) is 0 Å². The van der Waals surface area contributed by atoms with Gasteiger partial charge < -0.3 is 9.64 Å². The van der Waals surface area contributed by atoms with Gasteiger partial charge in [-0.1, -0.05) is 11.6 Å². The first-order valence-corrected chi connectivity index (χ1v) is 7.06. The first-order chi connectivity index (χ1) is 10.5. The molecule has 1 amide bonds. The van der Waals surface area contributed by atoms with E-state index < -0.39 is 5.97 Å². The molecule has 114 valence electrons. The Morgan fingerprint density at radius 3 is 2.95 bits per heavy atom. The summed E-state index contributed by atoms with van der Waals surface area (Å²) in [6, 6.07) is 1.56. The molecule has 0 radical (unpaired) electrons. The quantitative estimate of drug-likeness (QED) is 0.787. The maximum atomic E-state index is 12.5. The third-order valence-corrected chi connectivity index (χ3v) is 3.71. The summed E-state index contributed by atoms with van der Waals surface area (Å²) in [4.78, 5) is 34.3. The molecular formula is C14H13ClN4O3. The fourth-order valence-electron chi connectivity index (χ4n) is 2.37. The van der Waals surface area contributed by atoms with Gasteiger partial charge in [-0.25, -0.2) is 14.8 Å². The minimum atomic E-state index is -0.525. The van der Waals surface area contributed by atoms with Crippen LogP contribution in [0.5, 0.6) is 0 Å². The number of amides is 1. The van der Waals surface area contributed by atoms with Crippen LogP contribution in [0.25, 0.3) is 5.82 Å². The number of hydrogen-bond acceptors (Lipinski definition) is 5. The number of fused-ring (bicyclic) bond motifs is 3. The lowest BCUT2D eigenvalue weighted by Gasteiger charge is -2.14. The molecule has 22 heavy (non-hydrogen) atoms. The zero-order valence-corrected chi connectivity index (χ0v) is 12.8. The molecule has 0 atom stereocenters. The van der Waals surface area contributed by atoms with E-state index >= 15 is 0 Å². The smallest absolute Gasteiger partial charge is 0.358 e. The predicted octanol–water partition coefficient (Wildman–Crippen LogP) is 1.68. The van der Waals surface area contributed by atoms with Gasteiger partial charge >= 0.3 is 5.97 Å². The average Bonchev–Trinajstić information content (AvgIpc) is 2.85. The Kier molecular flexibility index (Phi) is 3.58. The summed E-state index contributed by atoms with van der Waals surface area (Å²) in [5, 5.41) is 0.307. The Bertz CT molecular complexity index is 771. The number of hydrogen-bond donors (Lipinski definition) is 0. The molecule has 2 aromatic heterocycles. The van der Waals surface area contributed by atoms with Gasteiger partial charge in [0.15, 0.2) is 11.5 Å². The van der Waals surface area contributed by atoms with Crippen molar-refractivity contribution in [2.45, 2.75) is 13.5 Å². The molecule has 1 aliphatic heterocycles. The summed E-state index contributed by atoms with van der Waals surface area (Å²) in [6.45, 7) is 2.18. The van der Waals surface area contributed by atoms with Crippen molar-refractivity contribution >= 4 is 23.5 Å². The molecule has 0 N–H and O–H groups in total. The number of halogens is 1. The largest absolute Gasteiger partial charge is 0.461 e. The topological polar surface area (TPSA) is 77.3 Å². The van der Waals surface area contributed by atoms with E-state index in [2.05, 4.69) is 9.97 Å². The van der Waals surface area contributed by atoms with Crippen LogP contribution in [0.3, 0.4) is 0 Å². The number of aromatic nitrogens is 3. The van der Waals surface area contributed by atoms with Gasteiger partial charge in [0.2, 0.25) is 0 Å². The number of carbonyl (C=O) groups excluding carboxylic acids is 2. The molecular weight excluding hydrogens is 308 g/mol. The van der Waals surface area contributed by atoms with Crippen molar-refractivity contribution in [2.24, 2.45) is 0 Å². The summed E-state index contributed by atoms with van der Waals surface area (Å²) in [7, 11) is 1.63. The van der Waals surface area contributed by atoms with Crippen molar-refractivity contribution in [3.05, 3.63) is 40.6 Å². The highest BCUT2D eigenvalue weighted by atomic mass is 35.5. The molecule has 8 heteroatoms. The van der Waals surface area contributed by atoms with Crippen molar-refractivity contribution < 1.29 is 14.3 Å². The van der Waals surface area contributed by atoms with Crippen LogP contribution in [-0.4, -0.2) is 45.0 Å². The van der Waals surface area contributed by atoms with Crippen LogP contribution >= 0.6 is 11.6 Å². The van der Waals surface area contributed by atoms with Crippen molar-refractivity contribution in [3.63, 3.8) is 0 Å². The molecule has 0 saturated carbocycles. The zero-order chi connectivity index (χ0) is 15.9. The monoisotopic (exact) mass is 320 g/mol. The van der Waals surface area contributed by atoms with Crippen LogP contribution in [0, 0.1) is 0 Å². The summed E-state index contributed by atoms with van der Waals surface area (Å²) in [5.74, 6) is -0.422. The van der Waals surface area contributed by atoms with E-state index in [0.29, 0.717) is 22.1 Å². The second kappa shape index (κ2) is 5.42.